The predicted octanol–water partition coefficient (Wildman–Crippen LogP) is 4.23. The first-order valence-electron chi connectivity index (χ1n) is 5.63. The van der Waals surface area contributed by atoms with Crippen LogP contribution in [0.4, 0.5) is 0 Å². The summed E-state index contributed by atoms with van der Waals surface area (Å²) in [5.41, 5.74) is -1.04. The van der Waals surface area contributed by atoms with Crippen molar-refractivity contribution >= 4 is 11.6 Å². The summed E-state index contributed by atoms with van der Waals surface area (Å²) in [5, 5.41) is 19.4. The van der Waals surface area contributed by atoms with Crippen LogP contribution < -0.4 is 0 Å². The molecule has 0 heterocycles. The first kappa shape index (κ1) is 14.3. The summed E-state index contributed by atoms with van der Waals surface area (Å²) < 4.78 is 0. The van der Waals surface area contributed by atoms with Crippen molar-refractivity contribution in [2.75, 3.05) is 0 Å². The fourth-order valence-corrected chi connectivity index (χ4v) is 2.44. The second-order valence-corrected chi connectivity index (χ2v) is 5.13. The molecule has 0 bridgehead atoms. The number of allylic oxidation sites excluding steroid dienone is 1. The van der Waals surface area contributed by atoms with Crippen LogP contribution in [0.1, 0.15) is 25.8 Å². The molecule has 1 aromatic rings. The van der Waals surface area contributed by atoms with Crippen molar-refractivity contribution < 1.29 is 0 Å². The number of hydrogen-bond donors (Lipinski definition) is 0. The monoisotopic (exact) mass is 258 g/mol. The molecule has 0 fully saturated rings. The number of benzene rings is 1. The van der Waals surface area contributed by atoms with Gasteiger partial charge in [0, 0.05) is 10.4 Å². The molecule has 0 amide bonds. The van der Waals surface area contributed by atoms with Crippen LogP contribution in [0.3, 0.4) is 0 Å². The zero-order valence-electron chi connectivity index (χ0n) is 10.6. The van der Waals surface area contributed by atoms with E-state index in [0.717, 1.165) is 5.56 Å². The Labute approximate surface area is 113 Å². The first-order chi connectivity index (χ1) is 8.45. The molecule has 0 aromatic heterocycles. The Balaban J connectivity index is 3.45. The number of halogens is 1. The van der Waals surface area contributed by atoms with Crippen molar-refractivity contribution in [1.29, 1.82) is 10.5 Å². The summed E-state index contributed by atoms with van der Waals surface area (Å²) in [6.07, 6.45) is 1.91. The zero-order chi connectivity index (χ0) is 13.8. The third kappa shape index (κ3) is 2.13. The standard InChI is InChI=1S/C15H15ClN2/c1-4-9-15(10-17,11-18)14(2,3)12-7-5-6-8-13(12)16/h4-8H,1,9H2,2-3H3. The molecule has 0 aliphatic heterocycles. The van der Waals surface area contributed by atoms with Gasteiger partial charge in [0.05, 0.1) is 12.1 Å². The molecule has 92 valence electrons. The van der Waals surface area contributed by atoms with Gasteiger partial charge in [0.1, 0.15) is 0 Å². The maximum atomic E-state index is 9.43. The molecular weight excluding hydrogens is 244 g/mol. The first-order valence-corrected chi connectivity index (χ1v) is 6.01. The molecule has 0 atom stereocenters. The van der Waals surface area contributed by atoms with Gasteiger partial charge < -0.3 is 0 Å². The number of rotatable bonds is 4. The summed E-state index contributed by atoms with van der Waals surface area (Å²) in [5.74, 6) is 0. The van der Waals surface area contributed by atoms with Gasteiger partial charge in [-0.2, -0.15) is 10.5 Å². The quantitative estimate of drug-likeness (QED) is 0.759. The predicted molar refractivity (Wildman–Crippen MR) is 73.0 cm³/mol. The highest BCUT2D eigenvalue weighted by atomic mass is 35.5. The highest BCUT2D eigenvalue weighted by Crippen LogP contribution is 2.45. The molecule has 0 unspecified atom stereocenters. The summed E-state index contributed by atoms with van der Waals surface area (Å²) >= 11 is 6.18. The van der Waals surface area contributed by atoms with Gasteiger partial charge in [-0.25, -0.2) is 0 Å². The van der Waals surface area contributed by atoms with Crippen molar-refractivity contribution in [3.63, 3.8) is 0 Å². The van der Waals surface area contributed by atoms with Crippen LogP contribution in [0.25, 0.3) is 0 Å². The van der Waals surface area contributed by atoms with E-state index in [2.05, 4.69) is 18.7 Å². The Bertz CT molecular complexity index is 518. The van der Waals surface area contributed by atoms with Gasteiger partial charge in [-0.3, -0.25) is 0 Å². The molecule has 0 saturated heterocycles. The van der Waals surface area contributed by atoms with Crippen LogP contribution in [-0.2, 0) is 5.41 Å². The van der Waals surface area contributed by atoms with E-state index in [4.69, 9.17) is 11.6 Å². The highest BCUT2D eigenvalue weighted by molar-refractivity contribution is 6.31. The molecule has 0 aliphatic carbocycles. The molecule has 0 radical (unpaired) electrons. The van der Waals surface area contributed by atoms with E-state index in [9.17, 15) is 10.5 Å². The van der Waals surface area contributed by atoms with E-state index in [-0.39, 0.29) is 0 Å². The van der Waals surface area contributed by atoms with E-state index in [1.54, 1.807) is 12.1 Å². The summed E-state index contributed by atoms with van der Waals surface area (Å²) in [6.45, 7) is 7.37. The average molecular weight is 259 g/mol. The minimum atomic E-state index is -1.17. The lowest BCUT2D eigenvalue weighted by Crippen LogP contribution is -2.39. The van der Waals surface area contributed by atoms with Crippen molar-refractivity contribution in [2.45, 2.75) is 25.7 Å². The van der Waals surface area contributed by atoms with Crippen molar-refractivity contribution in [3.05, 3.63) is 47.5 Å². The smallest absolute Gasteiger partial charge is 0.156 e. The summed E-state index contributed by atoms with van der Waals surface area (Å²) in [6, 6.07) is 11.6. The lowest BCUT2D eigenvalue weighted by atomic mass is 9.62. The van der Waals surface area contributed by atoms with Crippen molar-refractivity contribution in [2.24, 2.45) is 5.41 Å². The third-order valence-corrected chi connectivity index (χ3v) is 3.78. The van der Waals surface area contributed by atoms with Crippen LogP contribution in [0, 0.1) is 28.1 Å². The third-order valence-electron chi connectivity index (χ3n) is 3.45. The van der Waals surface area contributed by atoms with E-state index < -0.39 is 10.8 Å². The van der Waals surface area contributed by atoms with Crippen LogP contribution in [0.15, 0.2) is 36.9 Å². The Morgan fingerprint density at radius 1 is 1.28 bits per heavy atom. The number of nitrogens with zero attached hydrogens (tertiary/aromatic N) is 2. The minimum absolute atomic E-state index is 0.304. The van der Waals surface area contributed by atoms with E-state index in [1.165, 1.54) is 0 Å². The molecule has 0 saturated carbocycles. The minimum Gasteiger partial charge on any atom is -0.197 e. The Morgan fingerprint density at radius 3 is 2.28 bits per heavy atom. The van der Waals surface area contributed by atoms with Crippen LogP contribution >= 0.6 is 11.6 Å². The normalized spacial score (nSPS) is 11.4. The highest BCUT2D eigenvalue weighted by Gasteiger charge is 2.47. The van der Waals surface area contributed by atoms with Crippen LogP contribution in [0.5, 0.6) is 0 Å². The molecule has 3 heteroatoms. The van der Waals surface area contributed by atoms with E-state index in [1.807, 2.05) is 32.0 Å². The van der Waals surface area contributed by atoms with Gasteiger partial charge >= 0.3 is 0 Å². The summed E-state index contributed by atoms with van der Waals surface area (Å²) in [4.78, 5) is 0. The average Bonchev–Trinajstić information content (AvgIpc) is 2.36. The molecule has 1 aromatic carbocycles. The molecule has 0 N–H and O–H groups in total. The van der Waals surface area contributed by atoms with E-state index in [0.29, 0.717) is 11.4 Å². The lowest BCUT2D eigenvalue weighted by molar-refractivity contribution is 0.303. The Hall–Kier alpha value is -1.77. The van der Waals surface area contributed by atoms with Crippen molar-refractivity contribution in [1.82, 2.24) is 0 Å². The zero-order valence-corrected chi connectivity index (χ0v) is 11.3. The molecule has 18 heavy (non-hydrogen) atoms. The molecule has 0 spiro atoms. The van der Waals surface area contributed by atoms with Gasteiger partial charge in [-0.15, -0.1) is 6.58 Å². The molecule has 1 rings (SSSR count). The molecular formula is C15H15ClN2. The van der Waals surface area contributed by atoms with Gasteiger partial charge in [-0.1, -0.05) is 49.7 Å². The van der Waals surface area contributed by atoms with E-state index >= 15 is 0 Å². The van der Waals surface area contributed by atoms with Gasteiger partial charge in [0.15, 0.2) is 5.41 Å². The van der Waals surface area contributed by atoms with Crippen molar-refractivity contribution in [3.8, 4) is 12.1 Å². The fourth-order valence-electron chi connectivity index (χ4n) is 2.07. The summed E-state index contributed by atoms with van der Waals surface area (Å²) in [7, 11) is 0. The Kier molecular flexibility index (Phi) is 4.17. The number of hydrogen-bond acceptors (Lipinski definition) is 2. The van der Waals surface area contributed by atoms with Gasteiger partial charge in [0.25, 0.3) is 0 Å². The topological polar surface area (TPSA) is 47.6 Å². The van der Waals surface area contributed by atoms with Gasteiger partial charge in [0.2, 0.25) is 0 Å². The van der Waals surface area contributed by atoms with Gasteiger partial charge in [-0.05, 0) is 18.1 Å². The van der Waals surface area contributed by atoms with Crippen LogP contribution in [-0.4, -0.2) is 0 Å². The Morgan fingerprint density at radius 2 is 1.83 bits per heavy atom. The fraction of sp³-hybridized carbons (Fsp3) is 0.333. The SMILES string of the molecule is C=CCC(C#N)(C#N)C(C)(C)c1ccccc1Cl. The van der Waals surface area contributed by atoms with Crippen LogP contribution in [0.2, 0.25) is 5.02 Å². The second kappa shape index (κ2) is 5.25. The largest absolute Gasteiger partial charge is 0.197 e. The maximum absolute atomic E-state index is 9.43. The lowest BCUT2D eigenvalue weighted by Gasteiger charge is -2.37. The maximum Gasteiger partial charge on any atom is 0.156 e. The number of nitriles is 2. The molecule has 0 aliphatic rings. The second-order valence-electron chi connectivity index (χ2n) is 4.73. The molecule has 2 nitrogen and oxygen atoms in total.